The van der Waals surface area contributed by atoms with Crippen LogP contribution in [0.5, 0.6) is 0 Å². The van der Waals surface area contributed by atoms with Gasteiger partial charge in [0.15, 0.2) is 5.82 Å². The third-order valence-corrected chi connectivity index (χ3v) is 2.06. The predicted molar refractivity (Wildman–Crippen MR) is 56.6 cm³/mol. The lowest BCUT2D eigenvalue weighted by Crippen LogP contribution is -2.14. The fourth-order valence-electron chi connectivity index (χ4n) is 1.30. The van der Waals surface area contributed by atoms with Gasteiger partial charge in [-0.1, -0.05) is 0 Å². The molecule has 0 saturated carbocycles. The molecule has 2 rings (SSSR count). The number of nitrogens with zero attached hydrogens (tertiary/aromatic N) is 4. The Labute approximate surface area is 91.9 Å². The summed E-state index contributed by atoms with van der Waals surface area (Å²) in [5.74, 6) is 0.289. The first-order chi connectivity index (χ1) is 7.78. The average Bonchev–Trinajstić information content (AvgIpc) is 2.89. The molecule has 84 valence electrons. The Bertz CT molecular complexity index is 460. The molecule has 0 radical (unpaired) electrons. The van der Waals surface area contributed by atoms with Gasteiger partial charge in [-0.05, 0) is 12.5 Å². The molecule has 0 fully saturated rings. The Morgan fingerprint density at radius 3 is 3.06 bits per heavy atom. The van der Waals surface area contributed by atoms with Crippen molar-refractivity contribution in [2.75, 3.05) is 5.32 Å². The summed E-state index contributed by atoms with van der Waals surface area (Å²) in [6.45, 7) is 2.79. The van der Waals surface area contributed by atoms with Crippen LogP contribution >= 0.6 is 0 Å². The quantitative estimate of drug-likeness (QED) is 0.770. The molecule has 0 aliphatic heterocycles. The summed E-state index contributed by atoms with van der Waals surface area (Å²) in [6.07, 6.45) is 5.27. The molecular weight excluding hydrogens is 208 g/mol. The maximum absolute atomic E-state index is 11.5. The molecule has 7 heteroatoms. The minimum absolute atomic E-state index is 0.135. The topological polar surface area (TPSA) is 88.5 Å². The number of aryl methyl sites for hydroxylation is 1. The van der Waals surface area contributed by atoms with Crippen LogP contribution < -0.4 is 5.32 Å². The molecule has 0 saturated heterocycles. The zero-order chi connectivity index (χ0) is 11.4. The highest BCUT2D eigenvalue weighted by atomic mass is 16.1. The number of aromatic nitrogens is 5. The summed E-state index contributed by atoms with van der Waals surface area (Å²) in [5, 5.41) is 16.4. The predicted octanol–water partition coefficient (Wildman–Crippen LogP) is 0.202. The van der Waals surface area contributed by atoms with E-state index in [0.717, 1.165) is 12.1 Å². The standard InChI is InChI=1S/C9H12N6O/c1-2-15-6-7(4-11-15)3-9(16)12-8-5-10-14-13-8/h4-6H,2-3H2,1H3,(H2,10,12,13,14,16). The Hall–Kier alpha value is -2.18. The van der Waals surface area contributed by atoms with Gasteiger partial charge in [0, 0.05) is 12.7 Å². The van der Waals surface area contributed by atoms with E-state index in [1.807, 2.05) is 13.1 Å². The monoisotopic (exact) mass is 220 g/mol. The third kappa shape index (κ3) is 2.44. The Balaban J connectivity index is 1.92. The van der Waals surface area contributed by atoms with E-state index in [0.29, 0.717) is 5.82 Å². The van der Waals surface area contributed by atoms with Crippen molar-refractivity contribution in [1.82, 2.24) is 25.2 Å². The van der Waals surface area contributed by atoms with Crippen molar-refractivity contribution < 1.29 is 4.79 Å². The number of nitrogens with one attached hydrogen (secondary N) is 2. The summed E-state index contributed by atoms with van der Waals surface area (Å²) in [5.41, 5.74) is 0.878. The first-order valence-corrected chi connectivity index (χ1v) is 4.95. The molecule has 2 aromatic rings. The minimum atomic E-state index is -0.135. The molecule has 1 amide bonds. The van der Waals surface area contributed by atoms with Crippen LogP contribution in [0.15, 0.2) is 18.6 Å². The van der Waals surface area contributed by atoms with Gasteiger partial charge in [-0.25, -0.2) is 0 Å². The Kier molecular flexibility index (Phi) is 2.95. The van der Waals surface area contributed by atoms with Crippen molar-refractivity contribution in [2.24, 2.45) is 0 Å². The van der Waals surface area contributed by atoms with Gasteiger partial charge < -0.3 is 5.32 Å². The number of anilines is 1. The highest BCUT2D eigenvalue weighted by Gasteiger charge is 2.07. The number of amides is 1. The second-order valence-corrected chi connectivity index (χ2v) is 3.28. The summed E-state index contributed by atoms with van der Waals surface area (Å²) in [7, 11) is 0. The van der Waals surface area contributed by atoms with Gasteiger partial charge in [0.1, 0.15) is 0 Å². The second kappa shape index (κ2) is 4.56. The van der Waals surface area contributed by atoms with Crippen molar-refractivity contribution in [3.8, 4) is 0 Å². The lowest BCUT2D eigenvalue weighted by atomic mass is 10.2. The van der Waals surface area contributed by atoms with Gasteiger partial charge in [-0.3, -0.25) is 9.48 Å². The summed E-state index contributed by atoms with van der Waals surface area (Å²) < 4.78 is 1.78. The van der Waals surface area contributed by atoms with E-state index in [-0.39, 0.29) is 12.3 Å². The highest BCUT2D eigenvalue weighted by molar-refractivity contribution is 5.91. The van der Waals surface area contributed by atoms with Crippen LogP contribution in [0, 0.1) is 0 Å². The number of H-pyrrole nitrogens is 1. The smallest absolute Gasteiger partial charge is 0.230 e. The number of carbonyl (C=O) groups is 1. The number of rotatable bonds is 4. The van der Waals surface area contributed by atoms with Gasteiger partial charge in [0.25, 0.3) is 0 Å². The third-order valence-electron chi connectivity index (χ3n) is 2.06. The number of carbonyl (C=O) groups excluding carboxylic acids is 1. The molecule has 2 aromatic heterocycles. The molecule has 0 spiro atoms. The highest BCUT2D eigenvalue weighted by Crippen LogP contribution is 2.02. The Morgan fingerprint density at radius 1 is 1.56 bits per heavy atom. The van der Waals surface area contributed by atoms with Gasteiger partial charge in [0.2, 0.25) is 5.91 Å². The molecule has 2 N–H and O–H groups in total. The summed E-state index contributed by atoms with van der Waals surface area (Å²) in [6, 6.07) is 0. The average molecular weight is 220 g/mol. The molecule has 0 aliphatic rings. The minimum Gasteiger partial charge on any atom is -0.308 e. The van der Waals surface area contributed by atoms with Gasteiger partial charge in [-0.15, -0.1) is 5.10 Å². The molecule has 0 atom stereocenters. The van der Waals surface area contributed by atoms with E-state index >= 15 is 0 Å². The zero-order valence-electron chi connectivity index (χ0n) is 8.84. The first kappa shape index (κ1) is 10.3. The Morgan fingerprint density at radius 2 is 2.44 bits per heavy atom. The van der Waals surface area contributed by atoms with Crippen LogP contribution in [-0.2, 0) is 17.8 Å². The van der Waals surface area contributed by atoms with Crippen molar-refractivity contribution in [3.63, 3.8) is 0 Å². The van der Waals surface area contributed by atoms with E-state index in [1.54, 1.807) is 10.9 Å². The van der Waals surface area contributed by atoms with E-state index < -0.39 is 0 Å². The molecule has 0 aromatic carbocycles. The molecule has 0 unspecified atom stereocenters. The number of hydrogen-bond acceptors (Lipinski definition) is 4. The lowest BCUT2D eigenvalue weighted by molar-refractivity contribution is -0.115. The fraction of sp³-hybridized carbons (Fsp3) is 0.333. The van der Waals surface area contributed by atoms with Crippen molar-refractivity contribution in [1.29, 1.82) is 0 Å². The van der Waals surface area contributed by atoms with E-state index in [2.05, 4.69) is 25.8 Å². The molecule has 2 heterocycles. The van der Waals surface area contributed by atoms with E-state index in [9.17, 15) is 4.79 Å². The molecule has 7 nitrogen and oxygen atoms in total. The van der Waals surface area contributed by atoms with Crippen molar-refractivity contribution in [2.45, 2.75) is 19.9 Å². The largest absolute Gasteiger partial charge is 0.308 e. The van der Waals surface area contributed by atoms with Crippen LogP contribution in [0.25, 0.3) is 0 Å². The SMILES string of the molecule is CCn1cc(CC(=O)Nc2cn[nH]n2)cn1. The first-order valence-electron chi connectivity index (χ1n) is 4.95. The van der Waals surface area contributed by atoms with Crippen LogP contribution in [0.3, 0.4) is 0 Å². The van der Waals surface area contributed by atoms with Crippen LogP contribution in [0.4, 0.5) is 5.82 Å². The van der Waals surface area contributed by atoms with Gasteiger partial charge in [0.05, 0.1) is 18.8 Å². The molecule has 0 bridgehead atoms. The summed E-state index contributed by atoms with van der Waals surface area (Å²) >= 11 is 0. The van der Waals surface area contributed by atoms with Crippen LogP contribution in [-0.4, -0.2) is 31.1 Å². The molecule has 0 aliphatic carbocycles. The maximum Gasteiger partial charge on any atom is 0.230 e. The normalized spacial score (nSPS) is 10.3. The number of aromatic amines is 1. The fourth-order valence-corrected chi connectivity index (χ4v) is 1.30. The lowest BCUT2D eigenvalue weighted by Gasteiger charge is -1.98. The zero-order valence-corrected chi connectivity index (χ0v) is 8.84. The second-order valence-electron chi connectivity index (χ2n) is 3.28. The van der Waals surface area contributed by atoms with Crippen LogP contribution in [0.1, 0.15) is 12.5 Å². The van der Waals surface area contributed by atoms with Gasteiger partial charge in [-0.2, -0.15) is 15.4 Å². The maximum atomic E-state index is 11.5. The van der Waals surface area contributed by atoms with Crippen molar-refractivity contribution >= 4 is 11.7 Å². The number of hydrogen-bond donors (Lipinski definition) is 2. The van der Waals surface area contributed by atoms with E-state index in [4.69, 9.17) is 0 Å². The van der Waals surface area contributed by atoms with Gasteiger partial charge >= 0.3 is 0 Å². The molecular formula is C9H12N6O. The molecule has 16 heavy (non-hydrogen) atoms. The van der Waals surface area contributed by atoms with E-state index in [1.165, 1.54) is 6.20 Å². The van der Waals surface area contributed by atoms with Crippen molar-refractivity contribution in [3.05, 3.63) is 24.2 Å². The van der Waals surface area contributed by atoms with Crippen LogP contribution in [0.2, 0.25) is 0 Å². The summed E-state index contributed by atoms with van der Waals surface area (Å²) in [4.78, 5) is 11.5.